The van der Waals surface area contributed by atoms with Gasteiger partial charge in [-0.1, -0.05) is 18.1 Å². The summed E-state index contributed by atoms with van der Waals surface area (Å²) in [5.41, 5.74) is -0.0545. The number of piperidine rings is 3. The summed E-state index contributed by atoms with van der Waals surface area (Å²) in [5, 5.41) is 19.3. The van der Waals surface area contributed by atoms with Crippen LogP contribution in [0.3, 0.4) is 0 Å². The lowest BCUT2D eigenvalue weighted by molar-refractivity contribution is -0.148. The Morgan fingerprint density at radius 2 is 2.04 bits per heavy atom. The van der Waals surface area contributed by atoms with Gasteiger partial charge in [-0.05, 0) is 38.1 Å². The molecule has 4 aliphatic heterocycles. The molecule has 154 valence electrons. The third-order valence-electron chi connectivity index (χ3n) is 7.36. The van der Waals surface area contributed by atoms with Crippen LogP contribution in [0.1, 0.15) is 44.2 Å². The first-order chi connectivity index (χ1) is 13.6. The smallest absolute Gasteiger partial charge is 0.227 e. The minimum Gasteiger partial charge on any atom is -0.383 e. The fourth-order valence-corrected chi connectivity index (χ4v) is 5.66. The van der Waals surface area contributed by atoms with Crippen molar-refractivity contribution in [2.45, 2.75) is 56.7 Å². The van der Waals surface area contributed by atoms with Crippen LogP contribution in [0.5, 0.6) is 0 Å². The molecule has 1 aliphatic carbocycles. The van der Waals surface area contributed by atoms with E-state index < -0.39 is 5.60 Å². The van der Waals surface area contributed by atoms with E-state index in [4.69, 9.17) is 4.74 Å². The molecule has 1 unspecified atom stereocenters. The van der Waals surface area contributed by atoms with Gasteiger partial charge in [-0.2, -0.15) is 0 Å². The van der Waals surface area contributed by atoms with Gasteiger partial charge in [0.1, 0.15) is 11.3 Å². The van der Waals surface area contributed by atoms with Crippen LogP contribution in [0.2, 0.25) is 0 Å². The maximum absolute atomic E-state index is 13.0. The Bertz CT molecular complexity index is 710. The van der Waals surface area contributed by atoms with Gasteiger partial charge in [0, 0.05) is 25.7 Å². The van der Waals surface area contributed by atoms with Gasteiger partial charge in [-0.25, -0.2) is 0 Å². The van der Waals surface area contributed by atoms with E-state index in [2.05, 4.69) is 15.2 Å². The van der Waals surface area contributed by atoms with Crippen LogP contribution < -0.4 is 0 Å². The number of rotatable bonds is 4. The molecule has 1 amide bonds. The normalized spacial score (nSPS) is 34.7. The third-order valence-corrected chi connectivity index (χ3v) is 7.36. The van der Waals surface area contributed by atoms with Gasteiger partial charge in [0.15, 0.2) is 0 Å². The average Bonchev–Trinajstić information content (AvgIpc) is 3.39. The summed E-state index contributed by atoms with van der Waals surface area (Å²) in [5.74, 6) is 0.920. The second kappa shape index (κ2) is 7.39. The van der Waals surface area contributed by atoms with E-state index in [9.17, 15) is 9.90 Å². The molecule has 8 nitrogen and oxygen atoms in total. The Labute approximate surface area is 165 Å². The van der Waals surface area contributed by atoms with Crippen LogP contribution in [0.4, 0.5) is 0 Å². The van der Waals surface area contributed by atoms with E-state index in [0.29, 0.717) is 31.1 Å². The zero-order valence-electron chi connectivity index (χ0n) is 16.5. The van der Waals surface area contributed by atoms with Crippen LogP contribution >= 0.6 is 0 Å². The Hall–Kier alpha value is -1.51. The molecule has 4 saturated heterocycles. The van der Waals surface area contributed by atoms with Crippen LogP contribution in [-0.2, 0) is 21.7 Å². The molecule has 2 bridgehead atoms. The quantitative estimate of drug-likeness (QED) is 0.812. The van der Waals surface area contributed by atoms with Gasteiger partial charge in [0.05, 0.1) is 31.9 Å². The molecule has 1 aromatic rings. The average molecular weight is 390 g/mol. The molecule has 6 rings (SSSR count). The van der Waals surface area contributed by atoms with Crippen molar-refractivity contribution in [3.05, 3.63) is 11.9 Å². The summed E-state index contributed by atoms with van der Waals surface area (Å²) in [6, 6.07) is 0.403. The topological polar surface area (TPSA) is 83.7 Å². The molecule has 1 aromatic heterocycles. The molecule has 1 N–H and O–H groups in total. The Kier molecular flexibility index (Phi) is 4.88. The zero-order valence-corrected chi connectivity index (χ0v) is 16.5. The number of morpholine rings is 1. The van der Waals surface area contributed by atoms with Gasteiger partial charge >= 0.3 is 0 Å². The van der Waals surface area contributed by atoms with Crippen molar-refractivity contribution in [1.29, 1.82) is 0 Å². The SMILES string of the molecule is O=C([C@H]1CN2CC[C@H]1C[C@@H]2Cn1cc(C2(O)CCCC2)nn1)N1CCOCC1. The van der Waals surface area contributed by atoms with Crippen molar-refractivity contribution in [1.82, 2.24) is 24.8 Å². The zero-order chi connectivity index (χ0) is 19.1. The fourth-order valence-electron chi connectivity index (χ4n) is 5.66. The molecule has 5 heterocycles. The van der Waals surface area contributed by atoms with E-state index in [1.54, 1.807) is 0 Å². The van der Waals surface area contributed by atoms with E-state index in [1.807, 2.05) is 15.8 Å². The summed E-state index contributed by atoms with van der Waals surface area (Å²) in [4.78, 5) is 17.4. The monoisotopic (exact) mass is 389 g/mol. The molecule has 5 fully saturated rings. The maximum Gasteiger partial charge on any atom is 0.227 e. The highest BCUT2D eigenvalue weighted by molar-refractivity contribution is 5.79. The number of hydrogen-bond acceptors (Lipinski definition) is 6. The number of fused-ring (bicyclic) bond motifs is 3. The highest BCUT2D eigenvalue weighted by Crippen LogP contribution is 2.39. The standard InChI is InChI=1S/C20H31N5O3/c26-19(23-7-9-28-10-8-23)17-13-24-6-3-15(17)11-16(24)12-25-14-18(21-22-25)20(27)4-1-2-5-20/h14-17,27H,1-13H2/t15-,16+,17-/m0/s1. The van der Waals surface area contributed by atoms with Crippen molar-refractivity contribution in [2.75, 3.05) is 39.4 Å². The van der Waals surface area contributed by atoms with E-state index in [1.165, 1.54) is 0 Å². The number of carbonyl (C=O) groups excluding carboxylic acids is 1. The minimum atomic E-state index is -0.778. The number of amides is 1. The number of aliphatic hydroxyl groups is 1. The molecule has 8 heteroatoms. The van der Waals surface area contributed by atoms with Crippen molar-refractivity contribution in [2.24, 2.45) is 11.8 Å². The second-order valence-corrected chi connectivity index (χ2v) is 9.04. The molecular weight excluding hydrogens is 358 g/mol. The molecule has 4 atom stereocenters. The molecule has 0 radical (unpaired) electrons. The van der Waals surface area contributed by atoms with Gasteiger partial charge in [0.2, 0.25) is 5.91 Å². The van der Waals surface area contributed by atoms with E-state index in [-0.39, 0.29) is 5.92 Å². The first-order valence-corrected chi connectivity index (χ1v) is 10.9. The summed E-state index contributed by atoms with van der Waals surface area (Å²) < 4.78 is 7.29. The van der Waals surface area contributed by atoms with E-state index in [0.717, 1.165) is 76.9 Å². The molecule has 28 heavy (non-hydrogen) atoms. The lowest BCUT2D eigenvalue weighted by Crippen LogP contribution is -2.59. The van der Waals surface area contributed by atoms with Crippen molar-refractivity contribution in [3.8, 4) is 0 Å². The predicted molar refractivity (Wildman–Crippen MR) is 101 cm³/mol. The summed E-state index contributed by atoms with van der Waals surface area (Å²) >= 11 is 0. The van der Waals surface area contributed by atoms with Crippen molar-refractivity contribution < 1.29 is 14.6 Å². The van der Waals surface area contributed by atoms with Gasteiger partial charge in [-0.3, -0.25) is 14.4 Å². The van der Waals surface area contributed by atoms with Gasteiger partial charge in [-0.15, -0.1) is 5.10 Å². The van der Waals surface area contributed by atoms with Crippen LogP contribution in [0.25, 0.3) is 0 Å². The number of ether oxygens (including phenoxy) is 1. The van der Waals surface area contributed by atoms with E-state index >= 15 is 0 Å². The Morgan fingerprint density at radius 1 is 1.25 bits per heavy atom. The lowest BCUT2D eigenvalue weighted by atomic mass is 9.75. The summed E-state index contributed by atoms with van der Waals surface area (Å²) in [6.07, 6.45) is 7.77. The van der Waals surface area contributed by atoms with Crippen molar-refractivity contribution >= 4 is 5.91 Å². The van der Waals surface area contributed by atoms with Gasteiger partial charge in [0.25, 0.3) is 0 Å². The summed E-state index contributed by atoms with van der Waals surface area (Å²) in [6.45, 7) is 5.50. The highest BCUT2D eigenvalue weighted by Gasteiger charge is 2.45. The van der Waals surface area contributed by atoms with Crippen LogP contribution in [-0.4, -0.2) is 81.2 Å². The number of hydrogen-bond donors (Lipinski definition) is 1. The first kappa shape index (κ1) is 18.5. The van der Waals surface area contributed by atoms with Crippen molar-refractivity contribution in [3.63, 3.8) is 0 Å². The molecule has 1 saturated carbocycles. The summed E-state index contributed by atoms with van der Waals surface area (Å²) in [7, 11) is 0. The first-order valence-electron chi connectivity index (χ1n) is 10.9. The number of carbonyl (C=O) groups is 1. The largest absolute Gasteiger partial charge is 0.383 e. The van der Waals surface area contributed by atoms with Crippen LogP contribution in [0, 0.1) is 11.8 Å². The number of nitrogens with zero attached hydrogens (tertiary/aromatic N) is 5. The molecule has 5 aliphatic rings. The minimum absolute atomic E-state index is 0.133. The fraction of sp³-hybridized carbons (Fsp3) is 0.850. The lowest BCUT2D eigenvalue weighted by Gasteiger charge is -2.50. The Morgan fingerprint density at radius 3 is 2.75 bits per heavy atom. The highest BCUT2D eigenvalue weighted by atomic mass is 16.5. The molecule has 0 aromatic carbocycles. The third kappa shape index (κ3) is 3.35. The van der Waals surface area contributed by atoms with Gasteiger partial charge < -0.3 is 14.7 Å². The molecular formula is C20H31N5O3. The molecule has 0 spiro atoms. The maximum atomic E-state index is 13.0. The predicted octanol–water partition coefficient (Wildman–Crippen LogP) is 0.609. The Balaban J connectivity index is 1.22. The number of aromatic nitrogens is 3. The van der Waals surface area contributed by atoms with Crippen LogP contribution in [0.15, 0.2) is 6.20 Å². The second-order valence-electron chi connectivity index (χ2n) is 9.04.